The minimum atomic E-state index is -0.271. The van der Waals surface area contributed by atoms with Crippen LogP contribution in [-0.4, -0.2) is 16.1 Å². The summed E-state index contributed by atoms with van der Waals surface area (Å²) >= 11 is 5.79. The molecule has 0 aliphatic rings. The molecular formula is C16H13ClN4O2. The summed E-state index contributed by atoms with van der Waals surface area (Å²) in [5.74, 6) is 1.48. The third-order valence-electron chi connectivity index (χ3n) is 3.04. The van der Waals surface area contributed by atoms with Crippen LogP contribution in [0.1, 0.15) is 16.1 Å². The van der Waals surface area contributed by atoms with E-state index in [0.717, 1.165) is 5.76 Å². The first-order chi connectivity index (χ1) is 11.2. The number of nitrogens with one attached hydrogen (secondary N) is 2. The molecule has 2 aromatic heterocycles. The lowest BCUT2D eigenvalue weighted by Crippen LogP contribution is -2.13. The van der Waals surface area contributed by atoms with Crippen molar-refractivity contribution in [2.45, 2.75) is 6.54 Å². The molecule has 0 spiro atoms. The van der Waals surface area contributed by atoms with Crippen molar-refractivity contribution in [3.8, 4) is 0 Å². The van der Waals surface area contributed by atoms with Crippen LogP contribution in [0.15, 0.2) is 59.2 Å². The third kappa shape index (κ3) is 4.08. The van der Waals surface area contributed by atoms with Gasteiger partial charge in [-0.3, -0.25) is 4.79 Å². The van der Waals surface area contributed by atoms with Gasteiger partial charge in [-0.2, -0.15) is 0 Å². The molecule has 1 amide bonds. The molecule has 0 atom stereocenters. The van der Waals surface area contributed by atoms with Crippen molar-refractivity contribution in [3.05, 3.63) is 71.1 Å². The summed E-state index contributed by atoms with van der Waals surface area (Å²) < 4.78 is 5.21. The molecule has 3 rings (SSSR count). The number of rotatable bonds is 5. The molecule has 0 saturated heterocycles. The van der Waals surface area contributed by atoms with E-state index < -0.39 is 0 Å². The van der Waals surface area contributed by atoms with Gasteiger partial charge in [-0.15, -0.1) is 10.2 Å². The SMILES string of the molecule is O=C(Nc1ccc(NCc2ccco2)nn1)c1ccc(Cl)cc1. The fraction of sp³-hybridized carbons (Fsp3) is 0.0625. The van der Waals surface area contributed by atoms with Gasteiger partial charge in [0.1, 0.15) is 11.6 Å². The molecule has 0 bridgehead atoms. The number of carbonyl (C=O) groups excluding carboxylic acids is 1. The van der Waals surface area contributed by atoms with Crippen LogP contribution in [0.4, 0.5) is 11.6 Å². The van der Waals surface area contributed by atoms with Crippen LogP contribution in [0.2, 0.25) is 5.02 Å². The van der Waals surface area contributed by atoms with Crippen LogP contribution in [0, 0.1) is 0 Å². The Balaban J connectivity index is 1.58. The predicted molar refractivity (Wildman–Crippen MR) is 87.5 cm³/mol. The number of aromatic nitrogens is 2. The molecule has 7 heteroatoms. The molecule has 0 saturated carbocycles. The Morgan fingerprint density at radius 1 is 1.04 bits per heavy atom. The van der Waals surface area contributed by atoms with Crippen LogP contribution < -0.4 is 10.6 Å². The largest absolute Gasteiger partial charge is 0.467 e. The quantitative estimate of drug-likeness (QED) is 0.748. The fourth-order valence-corrected chi connectivity index (χ4v) is 2.00. The van der Waals surface area contributed by atoms with Crippen molar-refractivity contribution in [2.75, 3.05) is 10.6 Å². The van der Waals surface area contributed by atoms with Crippen molar-refractivity contribution in [1.82, 2.24) is 10.2 Å². The maximum atomic E-state index is 12.0. The summed E-state index contributed by atoms with van der Waals surface area (Å²) in [5.41, 5.74) is 0.497. The lowest BCUT2D eigenvalue weighted by molar-refractivity contribution is 0.102. The van der Waals surface area contributed by atoms with Crippen LogP contribution in [-0.2, 0) is 6.54 Å². The van der Waals surface area contributed by atoms with Crippen molar-refractivity contribution < 1.29 is 9.21 Å². The Bertz CT molecular complexity index is 771. The number of anilines is 2. The highest BCUT2D eigenvalue weighted by Gasteiger charge is 2.07. The van der Waals surface area contributed by atoms with E-state index in [1.54, 1.807) is 42.7 Å². The molecule has 0 aliphatic carbocycles. The molecular weight excluding hydrogens is 316 g/mol. The Hall–Kier alpha value is -2.86. The van der Waals surface area contributed by atoms with Crippen molar-refractivity contribution in [2.24, 2.45) is 0 Å². The average molecular weight is 329 g/mol. The van der Waals surface area contributed by atoms with Crippen LogP contribution in [0.3, 0.4) is 0 Å². The normalized spacial score (nSPS) is 10.3. The van der Waals surface area contributed by atoms with Gasteiger partial charge >= 0.3 is 0 Å². The molecule has 1 aromatic carbocycles. The maximum Gasteiger partial charge on any atom is 0.256 e. The maximum absolute atomic E-state index is 12.0. The van der Waals surface area contributed by atoms with Crippen molar-refractivity contribution in [1.29, 1.82) is 0 Å². The zero-order valence-electron chi connectivity index (χ0n) is 12.0. The van der Waals surface area contributed by atoms with Gasteiger partial charge in [-0.05, 0) is 48.5 Å². The molecule has 0 radical (unpaired) electrons. The van der Waals surface area contributed by atoms with Crippen molar-refractivity contribution in [3.63, 3.8) is 0 Å². The monoisotopic (exact) mass is 328 g/mol. The lowest BCUT2D eigenvalue weighted by atomic mass is 10.2. The van der Waals surface area contributed by atoms with Crippen LogP contribution >= 0.6 is 11.6 Å². The average Bonchev–Trinajstić information content (AvgIpc) is 3.08. The summed E-state index contributed by atoms with van der Waals surface area (Å²) in [4.78, 5) is 12.0. The molecule has 23 heavy (non-hydrogen) atoms. The summed E-state index contributed by atoms with van der Waals surface area (Å²) in [7, 11) is 0. The minimum absolute atomic E-state index is 0.271. The van der Waals surface area contributed by atoms with Crippen LogP contribution in [0.5, 0.6) is 0 Å². The second-order valence-corrected chi connectivity index (χ2v) is 5.13. The summed E-state index contributed by atoms with van der Waals surface area (Å²) in [6.07, 6.45) is 1.61. The Labute approximate surface area is 137 Å². The smallest absolute Gasteiger partial charge is 0.256 e. The molecule has 3 aromatic rings. The van der Waals surface area contributed by atoms with Gasteiger partial charge in [0.05, 0.1) is 12.8 Å². The topological polar surface area (TPSA) is 80.0 Å². The zero-order chi connectivity index (χ0) is 16.1. The number of benzene rings is 1. The Kier molecular flexibility index (Phi) is 4.54. The van der Waals surface area contributed by atoms with Gasteiger partial charge in [0.15, 0.2) is 5.82 Å². The van der Waals surface area contributed by atoms with E-state index in [2.05, 4.69) is 20.8 Å². The van der Waals surface area contributed by atoms with E-state index in [-0.39, 0.29) is 5.91 Å². The fourth-order valence-electron chi connectivity index (χ4n) is 1.87. The molecule has 0 fully saturated rings. The van der Waals surface area contributed by atoms with Gasteiger partial charge in [0.25, 0.3) is 5.91 Å². The van der Waals surface area contributed by atoms with E-state index in [0.29, 0.717) is 28.8 Å². The van der Waals surface area contributed by atoms with E-state index in [4.69, 9.17) is 16.0 Å². The van der Waals surface area contributed by atoms with E-state index in [1.807, 2.05) is 12.1 Å². The van der Waals surface area contributed by atoms with E-state index in [9.17, 15) is 4.79 Å². The van der Waals surface area contributed by atoms with Gasteiger partial charge in [-0.25, -0.2) is 0 Å². The standard InChI is InChI=1S/C16H13ClN4O2/c17-12-5-3-11(4-6-12)16(22)19-15-8-7-14(20-21-15)18-10-13-2-1-9-23-13/h1-9H,10H2,(H,18,20)(H,19,21,22). The highest BCUT2D eigenvalue weighted by Crippen LogP contribution is 2.12. The number of hydrogen-bond donors (Lipinski definition) is 2. The summed E-state index contributed by atoms with van der Waals surface area (Å²) in [6, 6.07) is 13.7. The second-order valence-electron chi connectivity index (χ2n) is 4.70. The number of hydrogen-bond acceptors (Lipinski definition) is 5. The van der Waals surface area contributed by atoms with Crippen LogP contribution in [0.25, 0.3) is 0 Å². The van der Waals surface area contributed by atoms with Gasteiger partial charge < -0.3 is 15.1 Å². The minimum Gasteiger partial charge on any atom is -0.467 e. The highest BCUT2D eigenvalue weighted by atomic mass is 35.5. The van der Waals surface area contributed by atoms with E-state index >= 15 is 0 Å². The number of furan rings is 1. The molecule has 2 N–H and O–H groups in total. The number of nitrogens with zero attached hydrogens (tertiary/aromatic N) is 2. The summed E-state index contributed by atoms with van der Waals surface area (Å²) in [5, 5.41) is 14.3. The molecule has 6 nitrogen and oxygen atoms in total. The molecule has 0 unspecified atom stereocenters. The number of carbonyl (C=O) groups is 1. The first kappa shape index (κ1) is 15.1. The van der Waals surface area contributed by atoms with Gasteiger partial charge in [-0.1, -0.05) is 11.6 Å². The number of amides is 1. The third-order valence-corrected chi connectivity index (χ3v) is 3.29. The highest BCUT2D eigenvalue weighted by molar-refractivity contribution is 6.30. The Morgan fingerprint density at radius 3 is 2.43 bits per heavy atom. The Morgan fingerprint density at radius 2 is 1.78 bits per heavy atom. The summed E-state index contributed by atoms with van der Waals surface area (Å²) in [6.45, 7) is 0.512. The lowest BCUT2D eigenvalue weighted by Gasteiger charge is -2.06. The molecule has 0 aliphatic heterocycles. The van der Waals surface area contributed by atoms with Crippen molar-refractivity contribution >= 4 is 29.1 Å². The molecule has 116 valence electrons. The second kappa shape index (κ2) is 6.93. The number of halogens is 1. The zero-order valence-corrected chi connectivity index (χ0v) is 12.7. The predicted octanol–water partition coefficient (Wildman–Crippen LogP) is 3.59. The van der Waals surface area contributed by atoms with Gasteiger partial charge in [0, 0.05) is 10.6 Å². The van der Waals surface area contributed by atoms with E-state index in [1.165, 1.54) is 0 Å². The van der Waals surface area contributed by atoms with Gasteiger partial charge in [0.2, 0.25) is 0 Å². The molecule has 2 heterocycles. The first-order valence-corrected chi connectivity index (χ1v) is 7.25. The first-order valence-electron chi connectivity index (χ1n) is 6.87.